The van der Waals surface area contributed by atoms with E-state index in [2.05, 4.69) is 15.5 Å². The second kappa shape index (κ2) is 4.95. The maximum Gasteiger partial charge on any atom is 0.242 e. The van der Waals surface area contributed by atoms with Crippen LogP contribution in [0, 0.1) is 6.92 Å². The fourth-order valence-electron chi connectivity index (χ4n) is 2.73. The Bertz CT molecular complexity index is 401. The first kappa shape index (κ1) is 12.1. The largest absolute Gasteiger partial charge is 0.423 e. The van der Waals surface area contributed by atoms with Gasteiger partial charge in [0.1, 0.15) is 6.61 Å². The van der Waals surface area contributed by atoms with Gasteiger partial charge in [-0.2, -0.15) is 0 Å². The highest BCUT2D eigenvalue weighted by Gasteiger charge is 2.41. The normalized spacial score (nSPS) is 26.8. The lowest BCUT2D eigenvalue weighted by Crippen LogP contribution is -2.41. The van der Waals surface area contributed by atoms with Gasteiger partial charge in [-0.1, -0.05) is 0 Å². The second-order valence-electron chi connectivity index (χ2n) is 5.10. The van der Waals surface area contributed by atoms with Crippen molar-refractivity contribution < 1.29 is 13.9 Å². The van der Waals surface area contributed by atoms with Gasteiger partial charge in [-0.25, -0.2) is 0 Å². The van der Waals surface area contributed by atoms with Crippen LogP contribution in [0.3, 0.4) is 0 Å². The molecule has 2 aliphatic rings. The molecule has 1 aromatic heterocycles. The Kier molecular flexibility index (Phi) is 3.32. The highest BCUT2D eigenvalue weighted by Crippen LogP contribution is 2.35. The Hall–Kier alpha value is -0.980. The van der Waals surface area contributed by atoms with E-state index in [-0.39, 0.29) is 11.7 Å². The van der Waals surface area contributed by atoms with Gasteiger partial charge >= 0.3 is 0 Å². The molecule has 0 amide bonds. The highest BCUT2D eigenvalue weighted by atomic mass is 16.6. The third-order valence-electron chi connectivity index (χ3n) is 3.70. The summed E-state index contributed by atoms with van der Waals surface area (Å²) in [4.78, 5) is 0. The highest BCUT2D eigenvalue weighted by molar-refractivity contribution is 4.93. The summed E-state index contributed by atoms with van der Waals surface area (Å²) in [5, 5.41) is 11.1. The molecule has 0 saturated carbocycles. The quantitative estimate of drug-likeness (QED) is 0.859. The van der Waals surface area contributed by atoms with E-state index in [1.54, 1.807) is 6.92 Å². The number of hydrogen-bond acceptors (Lipinski definition) is 6. The first-order chi connectivity index (χ1) is 8.76. The van der Waals surface area contributed by atoms with Crippen LogP contribution in [-0.2, 0) is 16.1 Å². The number of hydrogen-bond donors (Lipinski definition) is 1. The predicted molar refractivity (Wildman–Crippen MR) is 63.0 cm³/mol. The van der Waals surface area contributed by atoms with Gasteiger partial charge in [0, 0.05) is 13.3 Å². The van der Waals surface area contributed by atoms with Crippen molar-refractivity contribution in [1.82, 2.24) is 15.5 Å². The molecule has 6 nitrogen and oxygen atoms in total. The Morgan fingerprint density at radius 1 is 1.39 bits per heavy atom. The van der Waals surface area contributed by atoms with E-state index >= 15 is 0 Å². The van der Waals surface area contributed by atoms with Crippen LogP contribution in [0.2, 0.25) is 0 Å². The molecule has 1 spiro atoms. The number of nitrogens with one attached hydrogen (secondary N) is 1. The van der Waals surface area contributed by atoms with E-state index in [1.807, 2.05) is 0 Å². The van der Waals surface area contributed by atoms with E-state index in [9.17, 15) is 0 Å². The molecular weight excluding hydrogens is 234 g/mol. The molecular formula is C12H19N3O3. The van der Waals surface area contributed by atoms with E-state index in [0.717, 1.165) is 32.4 Å². The van der Waals surface area contributed by atoms with Crippen molar-refractivity contribution in [2.24, 2.45) is 0 Å². The van der Waals surface area contributed by atoms with Crippen molar-refractivity contribution in [3.05, 3.63) is 11.8 Å². The lowest BCUT2D eigenvalue weighted by molar-refractivity contribution is -0.0249. The molecule has 0 aliphatic carbocycles. The van der Waals surface area contributed by atoms with Gasteiger partial charge in [-0.15, -0.1) is 10.2 Å². The van der Waals surface area contributed by atoms with Gasteiger partial charge in [-0.3, -0.25) is 0 Å². The summed E-state index contributed by atoms with van der Waals surface area (Å²) >= 11 is 0. The average Bonchev–Trinajstić information content (AvgIpc) is 2.96. The minimum absolute atomic E-state index is 0.0423. The SMILES string of the molecule is Cc1nnc(COC2COC3(CCNCC3)C2)o1. The molecule has 6 heteroatoms. The van der Waals surface area contributed by atoms with Gasteiger partial charge in [0.2, 0.25) is 11.8 Å². The number of aromatic nitrogens is 2. The van der Waals surface area contributed by atoms with Crippen molar-refractivity contribution in [3.63, 3.8) is 0 Å². The summed E-state index contributed by atoms with van der Waals surface area (Å²) in [7, 11) is 0. The number of aryl methyl sites for hydroxylation is 1. The third kappa shape index (κ3) is 2.55. The van der Waals surface area contributed by atoms with Crippen molar-refractivity contribution in [2.45, 2.75) is 44.5 Å². The van der Waals surface area contributed by atoms with Crippen LogP contribution in [0.4, 0.5) is 0 Å². The zero-order chi connectivity index (χ0) is 12.4. The van der Waals surface area contributed by atoms with Crippen LogP contribution in [0.1, 0.15) is 31.0 Å². The third-order valence-corrected chi connectivity index (χ3v) is 3.70. The van der Waals surface area contributed by atoms with Crippen LogP contribution in [0.25, 0.3) is 0 Å². The van der Waals surface area contributed by atoms with E-state index in [4.69, 9.17) is 13.9 Å². The van der Waals surface area contributed by atoms with Gasteiger partial charge in [0.25, 0.3) is 0 Å². The Morgan fingerprint density at radius 3 is 2.94 bits per heavy atom. The smallest absolute Gasteiger partial charge is 0.242 e. The summed E-state index contributed by atoms with van der Waals surface area (Å²) in [6, 6.07) is 0. The lowest BCUT2D eigenvalue weighted by Gasteiger charge is -2.32. The molecule has 0 radical (unpaired) electrons. The molecule has 0 aromatic carbocycles. The molecule has 1 N–H and O–H groups in total. The van der Waals surface area contributed by atoms with Crippen LogP contribution >= 0.6 is 0 Å². The monoisotopic (exact) mass is 253 g/mol. The summed E-state index contributed by atoms with van der Waals surface area (Å²) in [6.45, 7) is 4.90. The molecule has 18 heavy (non-hydrogen) atoms. The number of rotatable bonds is 3. The Morgan fingerprint density at radius 2 is 2.22 bits per heavy atom. The standard InChI is InChI=1S/C12H19N3O3/c1-9-14-15-11(18-9)8-16-10-6-12(17-7-10)2-4-13-5-3-12/h10,13H,2-8H2,1H3. The second-order valence-corrected chi connectivity index (χ2v) is 5.10. The fraction of sp³-hybridized carbons (Fsp3) is 0.833. The first-order valence-corrected chi connectivity index (χ1v) is 6.51. The molecule has 1 aromatic rings. The average molecular weight is 253 g/mol. The number of piperidine rings is 1. The van der Waals surface area contributed by atoms with E-state index in [1.165, 1.54) is 0 Å². The van der Waals surface area contributed by atoms with Crippen LogP contribution in [0.5, 0.6) is 0 Å². The molecule has 3 rings (SSSR count). The molecule has 2 fully saturated rings. The van der Waals surface area contributed by atoms with Crippen molar-refractivity contribution in [3.8, 4) is 0 Å². The maximum absolute atomic E-state index is 5.96. The van der Waals surface area contributed by atoms with Crippen molar-refractivity contribution in [2.75, 3.05) is 19.7 Å². The zero-order valence-electron chi connectivity index (χ0n) is 10.6. The minimum Gasteiger partial charge on any atom is -0.423 e. The molecule has 100 valence electrons. The maximum atomic E-state index is 5.96. The summed E-state index contributed by atoms with van der Waals surface area (Å²) < 4.78 is 17.0. The Balaban J connectivity index is 1.50. The molecule has 2 aliphatic heterocycles. The van der Waals surface area contributed by atoms with Gasteiger partial charge in [0.15, 0.2) is 0 Å². The number of ether oxygens (including phenoxy) is 2. The van der Waals surface area contributed by atoms with Gasteiger partial charge in [0.05, 0.1) is 18.3 Å². The molecule has 0 bridgehead atoms. The minimum atomic E-state index is 0.0423. The molecule has 2 saturated heterocycles. The van der Waals surface area contributed by atoms with Crippen LogP contribution in [0.15, 0.2) is 4.42 Å². The van der Waals surface area contributed by atoms with Gasteiger partial charge in [-0.05, 0) is 25.9 Å². The first-order valence-electron chi connectivity index (χ1n) is 6.51. The van der Waals surface area contributed by atoms with E-state index < -0.39 is 0 Å². The number of nitrogens with zero attached hydrogens (tertiary/aromatic N) is 2. The summed E-state index contributed by atoms with van der Waals surface area (Å²) in [6.07, 6.45) is 3.27. The summed E-state index contributed by atoms with van der Waals surface area (Å²) in [5.74, 6) is 1.12. The van der Waals surface area contributed by atoms with Crippen LogP contribution < -0.4 is 5.32 Å². The Labute approximate surface area is 106 Å². The predicted octanol–water partition coefficient (Wildman–Crippen LogP) is 0.806. The molecule has 1 atom stereocenters. The zero-order valence-corrected chi connectivity index (χ0v) is 10.6. The van der Waals surface area contributed by atoms with Crippen LogP contribution in [-0.4, -0.2) is 41.6 Å². The molecule has 3 heterocycles. The topological polar surface area (TPSA) is 69.4 Å². The van der Waals surface area contributed by atoms with E-state index in [0.29, 0.717) is 25.0 Å². The van der Waals surface area contributed by atoms with Crippen molar-refractivity contribution >= 4 is 0 Å². The van der Waals surface area contributed by atoms with Crippen molar-refractivity contribution in [1.29, 1.82) is 0 Å². The molecule has 1 unspecified atom stereocenters. The summed E-state index contributed by atoms with van der Waals surface area (Å²) in [5.41, 5.74) is 0.0423. The fourth-order valence-corrected chi connectivity index (χ4v) is 2.73. The van der Waals surface area contributed by atoms with Gasteiger partial charge < -0.3 is 19.2 Å². The lowest BCUT2D eigenvalue weighted by atomic mass is 9.89.